The second-order valence-electron chi connectivity index (χ2n) is 10.7. The number of piperidine rings is 1. The summed E-state index contributed by atoms with van der Waals surface area (Å²) in [6.45, 7) is 7.88. The third-order valence-electron chi connectivity index (χ3n) is 7.54. The summed E-state index contributed by atoms with van der Waals surface area (Å²) in [7, 11) is -1.06. The van der Waals surface area contributed by atoms with Gasteiger partial charge < -0.3 is 4.90 Å². The van der Waals surface area contributed by atoms with Gasteiger partial charge in [0.1, 0.15) is 12.1 Å². The van der Waals surface area contributed by atoms with Crippen LogP contribution in [-0.4, -0.2) is 43.0 Å². The predicted octanol–water partition coefficient (Wildman–Crippen LogP) is 6.19. The van der Waals surface area contributed by atoms with Gasteiger partial charge >= 0.3 is 0 Å². The van der Waals surface area contributed by atoms with E-state index in [0.29, 0.717) is 16.1 Å². The molecule has 35 heavy (non-hydrogen) atoms. The fraction of sp³-hybridized carbons (Fsp3) is 0.500. The quantitative estimate of drug-likeness (QED) is 0.434. The van der Waals surface area contributed by atoms with E-state index in [4.69, 9.17) is 28.2 Å². The van der Waals surface area contributed by atoms with Crippen LogP contribution in [0.25, 0.3) is 22.0 Å². The Bertz CT molecular complexity index is 1270. The Kier molecular flexibility index (Phi) is 6.81. The number of pyridine rings is 1. The Morgan fingerprint density at radius 2 is 1.86 bits per heavy atom. The van der Waals surface area contributed by atoms with Crippen molar-refractivity contribution < 1.29 is 4.21 Å². The first-order valence-corrected chi connectivity index (χ1v) is 14.1. The van der Waals surface area contributed by atoms with Gasteiger partial charge in [0.05, 0.1) is 36.7 Å². The number of rotatable bonds is 4. The fourth-order valence-corrected chi connectivity index (χ4v) is 6.90. The van der Waals surface area contributed by atoms with Crippen LogP contribution in [0.1, 0.15) is 52.9 Å². The van der Waals surface area contributed by atoms with Crippen molar-refractivity contribution >= 4 is 50.9 Å². The van der Waals surface area contributed by atoms with Gasteiger partial charge in [-0.05, 0) is 57.9 Å². The number of halogens is 2. The van der Waals surface area contributed by atoms with Gasteiger partial charge in [-0.25, -0.2) is 23.9 Å². The fourth-order valence-electron chi connectivity index (χ4n) is 5.52. The number of benzene rings is 1. The maximum atomic E-state index is 12.8. The van der Waals surface area contributed by atoms with Crippen LogP contribution in [0.3, 0.4) is 0 Å². The Morgan fingerprint density at radius 1 is 1.09 bits per heavy atom. The van der Waals surface area contributed by atoms with Crippen molar-refractivity contribution in [2.24, 2.45) is 5.41 Å². The van der Waals surface area contributed by atoms with Crippen molar-refractivity contribution in [1.29, 1.82) is 0 Å². The van der Waals surface area contributed by atoms with Gasteiger partial charge in [0.15, 0.2) is 0 Å². The van der Waals surface area contributed by atoms with Gasteiger partial charge in [-0.3, -0.25) is 0 Å². The summed E-state index contributed by atoms with van der Waals surface area (Å²) in [6.07, 6.45) is 10.8. The van der Waals surface area contributed by atoms with E-state index in [1.54, 1.807) is 12.4 Å². The zero-order valence-electron chi connectivity index (χ0n) is 20.4. The first-order chi connectivity index (χ1) is 16.7. The van der Waals surface area contributed by atoms with E-state index >= 15 is 0 Å². The van der Waals surface area contributed by atoms with Gasteiger partial charge in [0.2, 0.25) is 0 Å². The molecule has 2 aliphatic rings. The molecule has 6 nitrogen and oxygen atoms in total. The molecule has 1 saturated heterocycles. The van der Waals surface area contributed by atoms with Crippen molar-refractivity contribution in [1.82, 2.24) is 19.7 Å². The molecule has 1 N–H and O–H groups in total. The smallest absolute Gasteiger partial charge is 0.139 e. The molecule has 0 radical (unpaired) electrons. The highest BCUT2D eigenvalue weighted by Crippen LogP contribution is 2.48. The Balaban J connectivity index is 1.41. The molecule has 2 aromatic heterocycles. The zero-order valence-corrected chi connectivity index (χ0v) is 22.7. The van der Waals surface area contributed by atoms with Gasteiger partial charge in [-0.2, -0.15) is 0 Å². The Labute approximate surface area is 219 Å². The number of hydrogen-bond acceptors (Lipinski definition) is 5. The second-order valence-corrected chi connectivity index (χ2v) is 13.5. The highest BCUT2D eigenvalue weighted by molar-refractivity contribution is 7.84. The molecule has 2 fully saturated rings. The first-order valence-electron chi connectivity index (χ1n) is 12.2. The van der Waals surface area contributed by atoms with Crippen LogP contribution < -0.4 is 9.62 Å². The van der Waals surface area contributed by atoms with Gasteiger partial charge in [-0.15, -0.1) is 0 Å². The maximum absolute atomic E-state index is 12.8. The maximum Gasteiger partial charge on any atom is 0.139 e. The van der Waals surface area contributed by atoms with E-state index < -0.39 is 11.0 Å². The van der Waals surface area contributed by atoms with Crippen LogP contribution in [0.2, 0.25) is 10.0 Å². The molecular weight excluding hydrogens is 501 g/mol. The molecule has 1 aromatic carbocycles. The number of fused-ring (bicyclic) bond motifs is 1. The molecule has 1 aliphatic carbocycles. The molecule has 9 heteroatoms. The molecule has 1 saturated carbocycles. The lowest BCUT2D eigenvalue weighted by Gasteiger charge is -2.44. The SMILES string of the molecule is CC(C)(C)S(=O)N[C@@H]1CCCC12CCN(c1ncc(-c3cccc(Cl)c3Cl)c3ncncc13)CC2. The van der Waals surface area contributed by atoms with Gasteiger partial charge in [0, 0.05) is 42.7 Å². The summed E-state index contributed by atoms with van der Waals surface area (Å²) in [4.78, 5) is 16.1. The molecule has 1 spiro atoms. The first kappa shape index (κ1) is 24.9. The number of aromatic nitrogens is 3. The number of anilines is 1. The Morgan fingerprint density at radius 3 is 2.60 bits per heavy atom. The molecular formula is C26H31Cl2N5OS. The molecule has 5 rings (SSSR count). The average Bonchev–Trinajstić information content (AvgIpc) is 3.21. The summed E-state index contributed by atoms with van der Waals surface area (Å²) in [5, 5.41) is 1.91. The molecule has 1 aliphatic heterocycles. The monoisotopic (exact) mass is 531 g/mol. The summed E-state index contributed by atoms with van der Waals surface area (Å²) in [6, 6.07) is 5.89. The predicted molar refractivity (Wildman–Crippen MR) is 145 cm³/mol. The van der Waals surface area contributed by atoms with Crippen molar-refractivity contribution in [3.8, 4) is 11.1 Å². The van der Waals surface area contributed by atoms with Crippen LogP contribution in [0.5, 0.6) is 0 Å². The molecule has 0 bridgehead atoms. The standard InChI is InChI=1S/C26H31Cl2N5OS/c1-25(2,3)35(34)32-21-8-5-9-26(21)10-12-33(13-11-26)24-19-14-29-16-31-23(19)18(15-30-24)17-6-4-7-20(27)22(17)28/h4,6-7,14-16,21,32H,5,8-13H2,1-3H3/t21-,35?/m1/s1. The van der Waals surface area contributed by atoms with E-state index in [1.807, 2.05) is 45.3 Å². The highest BCUT2D eigenvalue weighted by atomic mass is 35.5. The lowest BCUT2D eigenvalue weighted by molar-refractivity contribution is 0.188. The normalized spacial score (nSPS) is 21.1. The highest BCUT2D eigenvalue weighted by Gasteiger charge is 2.46. The molecule has 1 unspecified atom stereocenters. The van der Waals surface area contributed by atoms with Crippen LogP contribution in [0.4, 0.5) is 5.82 Å². The molecule has 2 atom stereocenters. The van der Waals surface area contributed by atoms with Crippen molar-refractivity contribution in [3.05, 3.63) is 47.0 Å². The van der Waals surface area contributed by atoms with E-state index in [0.717, 1.165) is 60.2 Å². The van der Waals surface area contributed by atoms with Gasteiger partial charge in [0.25, 0.3) is 0 Å². The number of nitrogens with one attached hydrogen (secondary N) is 1. The minimum atomic E-state index is -1.06. The van der Waals surface area contributed by atoms with Crippen molar-refractivity contribution in [2.75, 3.05) is 18.0 Å². The number of hydrogen-bond donors (Lipinski definition) is 1. The average molecular weight is 533 g/mol. The largest absolute Gasteiger partial charge is 0.356 e. The van der Waals surface area contributed by atoms with Crippen LogP contribution in [0.15, 0.2) is 36.9 Å². The van der Waals surface area contributed by atoms with Crippen LogP contribution in [-0.2, 0) is 11.0 Å². The summed E-state index contributed by atoms with van der Waals surface area (Å²) >= 11 is 12.8. The topological polar surface area (TPSA) is 71.0 Å². The summed E-state index contributed by atoms with van der Waals surface area (Å²) < 4.78 is 16.1. The Hall–Kier alpha value is -1.80. The molecule has 0 amide bonds. The third kappa shape index (κ3) is 4.68. The van der Waals surface area contributed by atoms with Crippen LogP contribution in [0, 0.1) is 5.41 Å². The minimum absolute atomic E-state index is 0.192. The van der Waals surface area contributed by atoms with E-state index in [2.05, 4.69) is 19.6 Å². The minimum Gasteiger partial charge on any atom is -0.356 e. The lowest BCUT2D eigenvalue weighted by Crippen LogP contribution is -2.51. The third-order valence-corrected chi connectivity index (χ3v) is 9.97. The summed E-state index contributed by atoms with van der Waals surface area (Å²) in [5.41, 5.74) is 2.66. The van der Waals surface area contributed by atoms with E-state index in [1.165, 1.54) is 12.8 Å². The second kappa shape index (κ2) is 9.58. The lowest BCUT2D eigenvalue weighted by atomic mass is 9.74. The number of nitrogens with zero attached hydrogens (tertiary/aromatic N) is 4. The zero-order chi connectivity index (χ0) is 24.8. The summed E-state index contributed by atoms with van der Waals surface area (Å²) in [5.74, 6) is 0.901. The van der Waals surface area contributed by atoms with Crippen molar-refractivity contribution in [3.63, 3.8) is 0 Å². The van der Waals surface area contributed by atoms with E-state index in [9.17, 15) is 4.21 Å². The van der Waals surface area contributed by atoms with Gasteiger partial charge in [-0.1, -0.05) is 41.8 Å². The van der Waals surface area contributed by atoms with E-state index in [-0.39, 0.29) is 10.2 Å². The van der Waals surface area contributed by atoms with Crippen molar-refractivity contribution in [2.45, 2.75) is 63.7 Å². The molecule has 3 aromatic rings. The molecule has 186 valence electrons. The molecule has 3 heterocycles. The van der Waals surface area contributed by atoms with Crippen LogP contribution >= 0.6 is 23.2 Å².